The summed E-state index contributed by atoms with van der Waals surface area (Å²) in [4.78, 5) is 0. The van der Waals surface area contributed by atoms with Crippen LogP contribution in [-0.2, 0) is 11.4 Å². The lowest BCUT2D eigenvalue weighted by atomic mass is 10.0. The van der Waals surface area contributed by atoms with Gasteiger partial charge in [-0.1, -0.05) is 25.2 Å². The quantitative estimate of drug-likeness (QED) is 0.141. The lowest BCUT2D eigenvalue weighted by Gasteiger charge is -2.36. The molecule has 0 amide bonds. The van der Waals surface area contributed by atoms with Crippen LogP contribution >= 0.6 is 0 Å². The number of rotatable bonds is 8. The first-order chi connectivity index (χ1) is 16.6. The minimum absolute atomic E-state index is 0.115. The molecule has 0 aliphatic heterocycles. The Bertz CT molecular complexity index is 1150. The van der Waals surface area contributed by atoms with Crippen LogP contribution in [0.5, 0.6) is 11.5 Å². The summed E-state index contributed by atoms with van der Waals surface area (Å²) in [5.74, 6) is -2.78. The molecule has 0 aliphatic rings. The van der Waals surface area contributed by atoms with E-state index in [0.717, 1.165) is 18.2 Å². The zero-order valence-electron chi connectivity index (χ0n) is 21.9. The van der Waals surface area contributed by atoms with E-state index in [9.17, 15) is 30.9 Å². The van der Waals surface area contributed by atoms with Gasteiger partial charge >= 0.3 is 12.5 Å². The Balaban J connectivity index is 2.71. The zero-order chi connectivity index (χ0) is 28.6. The van der Waals surface area contributed by atoms with E-state index in [0.29, 0.717) is 6.07 Å². The van der Waals surface area contributed by atoms with Gasteiger partial charge in [-0.2, -0.15) is 17.6 Å². The first-order valence-corrected chi connectivity index (χ1v) is 15.3. The molecule has 0 spiro atoms. The van der Waals surface area contributed by atoms with Gasteiger partial charge in [-0.25, -0.2) is 8.78 Å². The first-order valence-electron chi connectivity index (χ1n) is 11.3. The second-order valence-corrected chi connectivity index (χ2v) is 17.6. The van der Waals surface area contributed by atoms with Crippen molar-refractivity contribution in [2.45, 2.75) is 77.0 Å². The smallest absolute Gasteiger partial charge is 0.461 e. The fourth-order valence-corrected chi connectivity index (χ4v) is 4.27. The lowest BCUT2D eigenvalue weighted by Crippen LogP contribution is -2.44. The molecule has 0 bridgehead atoms. The highest BCUT2D eigenvalue weighted by molar-refractivity contribution is 7.91. The summed E-state index contributed by atoms with van der Waals surface area (Å²) in [6.45, 7) is 14.6. The Kier molecular flexibility index (Phi) is 9.14. The summed E-state index contributed by atoms with van der Waals surface area (Å²) in [7, 11) is -2.51. The average molecular weight is 568 g/mol. The fourth-order valence-electron chi connectivity index (χ4n) is 2.61. The van der Waals surface area contributed by atoms with Crippen LogP contribution in [0.4, 0.5) is 26.3 Å². The molecule has 2 rings (SSSR count). The van der Waals surface area contributed by atoms with Crippen LogP contribution in [0, 0.1) is 11.6 Å². The monoisotopic (exact) mass is 567 g/mol. The number of nitrogens with zero attached hydrogens (tertiary/aromatic N) is 1. The van der Waals surface area contributed by atoms with Crippen LogP contribution < -0.4 is 9.16 Å². The van der Waals surface area contributed by atoms with Gasteiger partial charge in [-0.15, -0.1) is 0 Å². The van der Waals surface area contributed by atoms with Crippen LogP contribution in [0.25, 0.3) is 0 Å². The van der Waals surface area contributed by atoms with Gasteiger partial charge < -0.3 is 13.7 Å². The van der Waals surface area contributed by atoms with Crippen LogP contribution in [-0.4, -0.2) is 35.9 Å². The molecule has 1 unspecified atom stereocenters. The minimum atomic E-state index is -4.88. The predicted molar refractivity (Wildman–Crippen MR) is 136 cm³/mol. The molecule has 0 aliphatic carbocycles. The molecule has 0 radical (unpaired) electrons. The van der Waals surface area contributed by atoms with Crippen molar-refractivity contribution >= 4 is 25.4 Å². The standard InChI is InChI=1S/C25H31F6NO3SSi/c1-23(2,3)36(33)32-21(16-11-17(26)14-18(12-16)34-25(30,31)22(28)29)15-9-10-19(27)20(13-15)35-37(7,8)24(4,5)6/h9-14,22H,1-8H3/b32-21+. The van der Waals surface area contributed by atoms with Crippen molar-refractivity contribution in [1.82, 2.24) is 0 Å². The molecule has 0 saturated heterocycles. The van der Waals surface area contributed by atoms with Gasteiger partial charge in [-0.3, -0.25) is 0 Å². The molecule has 0 saturated carbocycles. The Morgan fingerprint density at radius 1 is 0.946 bits per heavy atom. The van der Waals surface area contributed by atoms with Crippen LogP contribution in [0.1, 0.15) is 52.7 Å². The second kappa shape index (κ2) is 10.9. The van der Waals surface area contributed by atoms with Crippen LogP contribution in [0.15, 0.2) is 40.8 Å². The van der Waals surface area contributed by atoms with Gasteiger partial charge in [0.15, 0.2) is 5.82 Å². The molecule has 2 aromatic carbocycles. The molecule has 37 heavy (non-hydrogen) atoms. The minimum Gasteiger partial charge on any atom is -0.591 e. The maximum Gasteiger partial charge on any atom is 0.461 e. The van der Waals surface area contributed by atoms with E-state index in [1.54, 1.807) is 20.8 Å². The van der Waals surface area contributed by atoms with Crippen molar-refractivity contribution in [2.75, 3.05) is 0 Å². The van der Waals surface area contributed by atoms with Gasteiger partial charge in [0.25, 0.3) is 8.32 Å². The van der Waals surface area contributed by atoms with Crippen molar-refractivity contribution < 1.29 is 40.1 Å². The molecule has 2 aromatic rings. The molecule has 0 aromatic heterocycles. The number of alkyl halides is 4. The Morgan fingerprint density at radius 2 is 1.54 bits per heavy atom. The molecule has 4 nitrogen and oxygen atoms in total. The Hall–Kier alpha value is -2.18. The molecule has 206 valence electrons. The van der Waals surface area contributed by atoms with E-state index in [4.69, 9.17) is 4.43 Å². The number of hydrogen-bond donors (Lipinski definition) is 0. The highest BCUT2D eigenvalue weighted by Crippen LogP contribution is 2.38. The van der Waals surface area contributed by atoms with Crippen molar-refractivity contribution in [1.29, 1.82) is 0 Å². The van der Waals surface area contributed by atoms with E-state index < -0.39 is 54.3 Å². The number of halogens is 6. The summed E-state index contributed by atoms with van der Waals surface area (Å²) in [5, 5.41) is -0.273. The summed E-state index contributed by atoms with van der Waals surface area (Å²) >= 11 is -1.92. The Morgan fingerprint density at radius 3 is 2.05 bits per heavy atom. The normalized spacial score (nSPS) is 14.6. The van der Waals surface area contributed by atoms with E-state index in [-0.39, 0.29) is 27.6 Å². The summed E-state index contributed by atoms with van der Waals surface area (Å²) in [6, 6.07) is 5.95. The van der Waals surface area contributed by atoms with Crippen LogP contribution in [0.2, 0.25) is 18.1 Å². The molecule has 0 fully saturated rings. The molecule has 0 heterocycles. The molecular weight excluding hydrogens is 536 g/mol. The molecular formula is C25H31F6NO3SSi. The third-order valence-electron chi connectivity index (χ3n) is 5.73. The topological polar surface area (TPSA) is 53.9 Å². The third-order valence-corrected chi connectivity index (χ3v) is 11.5. The first kappa shape index (κ1) is 31.0. The van der Waals surface area contributed by atoms with Gasteiger partial charge in [-0.05, 0) is 69.2 Å². The van der Waals surface area contributed by atoms with Crippen molar-refractivity contribution in [2.24, 2.45) is 4.40 Å². The molecule has 0 N–H and O–H groups in total. The van der Waals surface area contributed by atoms with E-state index in [1.807, 2.05) is 33.9 Å². The second-order valence-electron chi connectivity index (χ2n) is 10.9. The van der Waals surface area contributed by atoms with Gasteiger partial charge in [0.05, 0.1) is 0 Å². The van der Waals surface area contributed by atoms with E-state index >= 15 is 0 Å². The van der Waals surface area contributed by atoms with Crippen molar-refractivity contribution in [3.8, 4) is 11.5 Å². The summed E-state index contributed by atoms with van der Waals surface area (Å²) in [5.41, 5.74) is -0.203. The Labute approximate surface area is 217 Å². The van der Waals surface area contributed by atoms with Crippen LogP contribution in [0.3, 0.4) is 0 Å². The average Bonchev–Trinajstić information content (AvgIpc) is 2.71. The summed E-state index contributed by atoms with van der Waals surface area (Å²) < 4.78 is 108. The molecule has 12 heteroatoms. The SMILES string of the molecule is CC(C)(C)[S+]([O-])/N=C(/c1cc(F)cc(OC(F)(F)C(F)F)c1)c1ccc(F)c(O[Si](C)(C)C(C)(C)C)c1. The van der Waals surface area contributed by atoms with E-state index in [1.165, 1.54) is 12.1 Å². The predicted octanol–water partition coefficient (Wildman–Crippen LogP) is 7.89. The maximum absolute atomic E-state index is 14.8. The largest absolute Gasteiger partial charge is 0.591 e. The van der Waals surface area contributed by atoms with E-state index in [2.05, 4.69) is 9.13 Å². The highest BCUT2D eigenvalue weighted by Gasteiger charge is 2.44. The number of benzene rings is 2. The fraction of sp³-hybridized carbons (Fsp3) is 0.480. The number of ether oxygens (including phenoxy) is 1. The highest BCUT2D eigenvalue weighted by atomic mass is 32.2. The maximum atomic E-state index is 14.8. The third kappa shape index (κ3) is 7.90. The van der Waals surface area contributed by atoms with Crippen molar-refractivity contribution in [3.63, 3.8) is 0 Å². The van der Waals surface area contributed by atoms with Gasteiger partial charge in [0.1, 0.15) is 39.1 Å². The van der Waals surface area contributed by atoms with Gasteiger partial charge in [0, 0.05) is 17.2 Å². The number of hydrogen-bond acceptors (Lipinski definition) is 4. The lowest BCUT2D eigenvalue weighted by molar-refractivity contribution is -0.253. The van der Waals surface area contributed by atoms with Gasteiger partial charge in [0.2, 0.25) is 0 Å². The zero-order valence-corrected chi connectivity index (χ0v) is 23.7. The van der Waals surface area contributed by atoms with Crippen molar-refractivity contribution in [3.05, 3.63) is 59.2 Å². The molecule has 1 atom stereocenters. The summed E-state index contributed by atoms with van der Waals surface area (Å²) in [6.07, 6.45) is -9.04.